The highest BCUT2D eigenvalue weighted by Gasteiger charge is 2.36. The summed E-state index contributed by atoms with van der Waals surface area (Å²) in [5.74, 6) is -0.557. The Bertz CT molecular complexity index is 1720. The Morgan fingerprint density at radius 2 is 1.77 bits per heavy atom. The van der Waals surface area contributed by atoms with E-state index in [1.807, 2.05) is 43.3 Å². The quantitative estimate of drug-likeness (QED) is 0.251. The van der Waals surface area contributed by atoms with Crippen LogP contribution in [0, 0.1) is 5.92 Å². The summed E-state index contributed by atoms with van der Waals surface area (Å²) < 4.78 is 34.4. The number of aliphatic hydroxyl groups is 1. The highest BCUT2D eigenvalue weighted by Crippen LogP contribution is 2.36. The van der Waals surface area contributed by atoms with Crippen LogP contribution in [0.5, 0.6) is 5.75 Å². The van der Waals surface area contributed by atoms with E-state index >= 15 is 0 Å². The minimum Gasteiger partial charge on any atom is -0.486 e. The number of nitrogens with zero attached hydrogens (tertiary/aromatic N) is 2. The summed E-state index contributed by atoms with van der Waals surface area (Å²) in [6, 6.07) is 20.3. The van der Waals surface area contributed by atoms with Crippen LogP contribution >= 0.6 is 11.3 Å². The monoisotopic (exact) mass is 622 g/mol. The van der Waals surface area contributed by atoms with Gasteiger partial charge < -0.3 is 25.4 Å². The summed E-state index contributed by atoms with van der Waals surface area (Å²) in [5, 5.41) is 19.2. The number of aliphatic hydroxyl groups excluding tert-OH is 1. The van der Waals surface area contributed by atoms with E-state index in [1.165, 1.54) is 11.4 Å². The third-order valence-corrected chi connectivity index (χ3v) is 10.8. The van der Waals surface area contributed by atoms with E-state index in [1.54, 1.807) is 53.6 Å². The second-order valence-electron chi connectivity index (χ2n) is 10.6. The summed E-state index contributed by atoms with van der Waals surface area (Å²) in [7, 11) is -2.28. The molecule has 0 bridgehead atoms. The number of urea groups is 1. The first kappa shape index (κ1) is 30.5. The van der Waals surface area contributed by atoms with Gasteiger partial charge >= 0.3 is 6.03 Å². The smallest absolute Gasteiger partial charge is 0.323 e. The molecule has 12 heteroatoms. The molecular weight excluding hydrogens is 588 g/mol. The second-order valence-corrected chi connectivity index (χ2v) is 13.8. The number of ether oxygens (including phenoxy) is 1. The lowest BCUT2D eigenvalue weighted by molar-refractivity contribution is 0.0389. The largest absolute Gasteiger partial charge is 0.486 e. The molecule has 10 nitrogen and oxygen atoms in total. The molecule has 4 aromatic rings. The Labute approximate surface area is 254 Å². The van der Waals surface area contributed by atoms with Gasteiger partial charge in [0.15, 0.2) is 5.75 Å². The molecule has 3 amide bonds. The van der Waals surface area contributed by atoms with Gasteiger partial charge in [-0.15, -0.1) is 11.3 Å². The van der Waals surface area contributed by atoms with Crippen molar-refractivity contribution in [2.45, 2.75) is 30.2 Å². The average molecular weight is 623 g/mol. The van der Waals surface area contributed by atoms with Gasteiger partial charge in [0.25, 0.3) is 15.9 Å². The van der Waals surface area contributed by atoms with Crippen LogP contribution in [-0.2, 0) is 10.0 Å². The number of hydrogen-bond acceptors (Lipinski definition) is 7. The predicted molar refractivity (Wildman–Crippen MR) is 168 cm³/mol. The fourth-order valence-electron chi connectivity index (χ4n) is 5.09. The molecule has 43 heavy (non-hydrogen) atoms. The first-order valence-electron chi connectivity index (χ1n) is 13.9. The molecule has 0 fully saturated rings. The normalized spacial score (nSPS) is 18.0. The van der Waals surface area contributed by atoms with E-state index in [0.29, 0.717) is 5.69 Å². The van der Waals surface area contributed by atoms with Crippen molar-refractivity contribution >= 4 is 55.4 Å². The average Bonchev–Trinajstić information content (AvgIpc) is 3.55. The van der Waals surface area contributed by atoms with Gasteiger partial charge in [0.2, 0.25) is 0 Å². The van der Waals surface area contributed by atoms with Gasteiger partial charge in [-0.25, -0.2) is 13.2 Å². The number of amides is 3. The topological polar surface area (TPSA) is 128 Å². The molecule has 0 spiro atoms. The molecule has 2 heterocycles. The zero-order chi connectivity index (χ0) is 30.7. The fraction of sp³-hybridized carbons (Fsp3) is 0.290. The predicted octanol–water partition coefficient (Wildman–Crippen LogP) is 5.09. The van der Waals surface area contributed by atoms with Crippen LogP contribution in [0.1, 0.15) is 24.2 Å². The molecule has 3 aromatic carbocycles. The van der Waals surface area contributed by atoms with Crippen molar-refractivity contribution in [3.63, 3.8) is 0 Å². The molecule has 1 aromatic heterocycles. The third-order valence-electron chi connectivity index (χ3n) is 7.57. The van der Waals surface area contributed by atoms with Crippen LogP contribution in [-0.4, -0.2) is 73.6 Å². The van der Waals surface area contributed by atoms with Crippen molar-refractivity contribution in [3.05, 3.63) is 83.7 Å². The maximum absolute atomic E-state index is 13.8. The maximum atomic E-state index is 13.8. The van der Waals surface area contributed by atoms with Gasteiger partial charge in [-0.2, -0.15) is 4.31 Å². The lowest BCUT2D eigenvalue weighted by Crippen LogP contribution is -2.50. The number of carbonyl (C=O) groups is 2. The minimum atomic E-state index is -3.77. The number of carbonyl (C=O) groups excluding carboxylic acids is 2. The summed E-state index contributed by atoms with van der Waals surface area (Å²) >= 11 is 1.13. The number of benzene rings is 3. The van der Waals surface area contributed by atoms with Crippen molar-refractivity contribution in [2.24, 2.45) is 5.92 Å². The molecule has 5 rings (SSSR count). The van der Waals surface area contributed by atoms with Crippen LogP contribution in [0.3, 0.4) is 0 Å². The van der Waals surface area contributed by atoms with Crippen LogP contribution in [0.2, 0.25) is 0 Å². The van der Waals surface area contributed by atoms with Crippen molar-refractivity contribution in [2.75, 3.05) is 37.4 Å². The summed E-state index contributed by atoms with van der Waals surface area (Å²) in [4.78, 5) is 28.6. The first-order chi connectivity index (χ1) is 20.6. The Balaban J connectivity index is 1.48. The van der Waals surface area contributed by atoms with E-state index in [9.17, 15) is 23.1 Å². The van der Waals surface area contributed by atoms with Crippen molar-refractivity contribution < 1.29 is 27.9 Å². The zero-order valence-corrected chi connectivity index (χ0v) is 25.7. The van der Waals surface area contributed by atoms with Gasteiger partial charge in [0.1, 0.15) is 10.3 Å². The van der Waals surface area contributed by atoms with Gasteiger partial charge in [-0.1, -0.05) is 55.5 Å². The minimum absolute atomic E-state index is 0.00703. The van der Waals surface area contributed by atoms with Gasteiger partial charge in [0, 0.05) is 24.9 Å². The molecule has 0 aliphatic carbocycles. The zero-order valence-electron chi connectivity index (χ0n) is 24.1. The molecule has 1 aliphatic rings. The highest BCUT2D eigenvalue weighted by molar-refractivity contribution is 7.91. The molecular formula is C31H34N4O6S2. The van der Waals surface area contributed by atoms with Crippen LogP contribution in [0.4, 0.5) is 16.2 Å². The number of anilines is 2. The standard InChI is InChI=1S/C31H34N4O6S2/c1-20-17-35(21(2)19-36)30(37)24-12-7-14-26(33-31(38)32-25-13-6-10-22-9-4-5-11-23(22)25)29(24)41-27(20)18-34(3)43(39,40)28-15-8-16-42-28/h4-16,20-21,27,36H,17-19H2,1-3H3,(H2,32,33,38)/t20-,21-,27-/m0/s1. The van der Waals surface area contributed by atoms with Crippen molar-refractivity contribution in [3.8, 4) is 5.75 Å². The molecule has 0 radical (unpaired) electrons. The molecule has 3 N–H and O–H groups in total. The number of nitrogens with one attached hydrogen (secondary N) is 2. The number of hydrogen-bond donors (Lipinski definition) is 3. The fourth-order valence-corrected chi connectivity index (χ4v) is 7.47. The van der Waals surface area contributed by atoms with Crippen molar-refractivity contribution in [1.29, 1.82) is 0 Å². The third kappa shape index (κ3) is 6.37. The number of fused-ring (bicyclic) bond motifs is 2. The molecule has 1 aliphatic heterocycles. The Hall–Kier alpha value is -3.97. The van der Waals surface area contributed by atoms with E-state index in [2.05, 4.69) is 10.6 Å². The maximum Gasteiger partial charge on any atom is 0.323 e. The van der Waals surface area contributed by atoms with Crippen LogP contribution in [0.25, 0.3) is 10.8 Å². The van der Waals surface area contributed by atoms with E-state index in [0.717, 1.165) is 22.1 Å². The molecule has 0 saturated heterocycles. The number of likely N-dealkylation sites (N-methyl/N-ethyl adjacent to an activating group) is 1. The van der Waals surface area contributed by atoms with Crippen LogP contribution < -0.4 is 15.4 Å². The number of sulfonamides is 1. The highest BCUT2D eigenvalue weighted by atomic mass is 32.2. The van der Waals surface area contributed by atoms with Crippen molar-refractivity contribution in [1.82, 2.24) is 9.21 Å². The van der Waals surface area contributed by atoms with Gasteiger partial charge in [-0.3, -0.25) is 4.79 Å². The molecule has 3 atom stereocenters. The summed E-state index contributed by atoms with van der Waals surface area (Å²) in [6.07, 6.45) is -0.691. The number of thiophene rings is 1. The van der Waals surface area contributed by atoms with E-state index in [4.69, 9.17) is 4.74 Å². The summed E-state index contributed by atoms with van der Waals surface area (Å²) in [6.45, 7) is 3.59. The SMILES string of the molecule is C[C@H]1CN([C@@H](C)CO)C(=O)c2cccc(NC(=O)Nc3cccc4ccccc34)c2O[C@H]1CN(C)S(=O)(=O)c1cccs1. The molecule has 0 unspecified atom stereocenters. The van der Waals surface area contributed by atoms with Gasteiger partial charge in [0.05, 0.1) is 36.1 Å². The lowest BCUT2D eigenvalue weighted by atomic mass is 9.99. The lowest BCUT2D eigenvalue weighted by Gasteiger charge is -2.38. The summed E-state index contributed by atoms with van der Waals surface area (Å²) in [5.41, 5.74) is 1.06. The van der Waals surface area contributed by atoms with Gasteiger partial charge in [-0.05, 0) is 42.0 Å². The first-order valence-corrected chi connectivity index (χ1v) is 16.2. The van der Waals surface area contributed by atoms with E-state index < -0.39 is 28.2 Å². The Morgan fingerprint density at radius 1 is 1.07 bits per heavy atom. The number of para-hydroxylation sites is 1. The Morgan fingerprint density at radius 3 is 2.51 bits per heavy atom. The molecule has 226 valence electrons. The molecule has 0 saturated carbocycles. The van der Waals surface area contributed by atoms with Crippen LogP contribution in [0.15, 0.2) is 82.4 Å². The second kappa shape index (κ2) is 12.7. The Kier molecular flexibility index (Phi) is 9.02. The van der Waals surface area contributed by atoms with E-state index in [-0.39, 0.29) is 52.7 Å². The number of rotatable bonds is 8.